The summed E-state index contributed by atoms with van der Waals surface area (Å²) in [4.78, 5) is 25.9. The Balaban J connectivity index is 1.10. The molecule has 7 nitrogen and oxygen atoms in total. The molecule has 1 atom stereocenters. The Labute approximate surface area is 222 Å². The molecule has 1 aliphatic carbocycles. The average Bonchev–Trinajstić information content (AvgIpc) is 3.66. The number of carbonyl (C=O) groups is 1. The molecule has 8 heteroatoms. The summed E-state index contributed by atoms with van der Waals surface area (Å²) in [5.41, 5.74) is 4.43. The van der Waals surface area contributed by atoms with Gasteiger partial charge in [0, 0.05) is 60.1 Å². The number of hydrogen-bond donors (Lipinski definition) is 2. The van der Waals surface area contributed by atoms with Crippen LogP contribution in [0.15, 0.2) is 54.9 Å². The van der Waals surface area contributed by atoms with Crippen molar-refractivity contribution in [1.82, 2.24) is 19.8 Å². The Kier molecular flexibility index (Phi) is 7.86. The molecule has 2 heterocycles. The largest absolute Gasteiger partial charge is 0.508 e. The molecule has 2 fully saturated rings. The zero-order chi connectivity index (χ0) is 25.8. The summed E-state index contributed by atoms with van der Waals surface area (Å²) in [6, 6.07) is 14.1. The highest BCUT2D eigenvalue weighted by atomic mass is 28.1. The van der Waals surface area contributed by atoms with Crippen LogP contribution in [-0.4, -0.2) is 80.3 Å². The van der Waals surface area contributed by atoms with E-state index < -0.39 is 0 Å². The summed E-state index contributed by atoms with van der Waals surface area (Å²) in [6.07, 6.45) is 6.93. The first-order chi connectivity index (χ1) is 18.0. The quantitative estimate of drug-likeness (QED) is 0.404. The van der Waals surface area contributed by atoms with Crippen LogP contribution in [0, 0.1) is 0 Å². The van der Waals surface area contributed by atoms with Crippen LogP contribution in [0.2, 0.25) is 0 Å². The van der Waals surface area contributed by atoms with E-state index in [1.165, 1.54) is 23.6 Å². The maximum absolute atomic E-state index is 13.1. The van der Waals surface area contributed by atoms with Gasteiger partial charge in [-0.2, -0.15) is 0 Å². The summed E-state index contributed by atoms with van der Waals surface area (Å²) in [5.74, 6) is 2.34. The second-order valence-electron chi connectivity index (χ2n) is 10.3. The van der Waals surface area contributed by atoms with E-state index in [1.54, 1.807) is 12.4 Å². The number of hydrogen-bond acceptors (Lipinski definition) is 6. The number of carbonyl (C=O) groups excluding carboxylic acids is 1. The molecule has 2 aromatic carbocycles. The standard InChI is InChI=1S/C29H37N5O2Si/c1-2-34(15-13-30-23-8-6-21(7-9-23)29-31-11-3-12-32-29)28(36)19-33-14-10-22(18-33)25-16-26(35)24(17-27(25)37)20-4-5-20/h3,6-9,11-12,16-17,20,22,30,35H,2,4-5,10,13-15,18-19H2,1,37H3. The van der Waals surface area contributed by atoms with Crippen molar-refractivity contribution in [2.24, 2.45) is 0 Å². The number of benzene rings is 2. The predicted octanol–water partition coefficient (Wildman–Crippen LogP) is 2.47. The van der Waals surface area contributed by atoms with Crippen molar-refractivity contribution in [1.29, 1.82) is 0 Å². The van der Waals surface area contributed by atoms with Crippen LogP contribution >= 0.6 is 0 Å². The number of nitrogens with zero attached hydrogens (tertiary/aromatic N) is 4. The molecule has 37 heavy (non-hydrogen) atoms. The zero-order valence-electron chi connectivity index (χ0n) is 21.9. The highest BCUT2D eigenvalue weighted by molar-refractivity contribution is 6.33. The number of nitrogens with one attached hydrogen (secondary N) is 1. The van der Waals surface area contributed by atoms with Crippen LogP contribution in [0.1, 0.15) is 49.1 Å². The zero-order valence-corrected chi connectivity index (χ0v) is 23.9. The first-order valence-corrected chi connectivity index (χ1v) is 14.5. The number of likely N-dealkylation sites (tertiary alicyclic amines) is 1. The van der Waals surface area contributed by atoms with E-state index in [4.69, 9.17) is 0 Å². The molecule has 2 aliphatic rings. The topological polar surface area (TPSA) is 81.6 Å². The van der Waals surface area contributed by atoms with E-state index in [-0.39, 0.29) is 5.91 Å². The molecule has 1 saturated carbocycles. The lowest BCUT2D eigenvalue weighted by Crippen LogP contribution is -2.41. The molecule has 0 bridgehead atoms. The van der Waals surface area contributed by atoms with E-state index in [2.05, 4.69) is 26.3 Å². The first kappa shape index (κ1) is 25.4. The SMILES string of the molecule is CCN(CCNc1ccc(-c2ncccn2)cc1)C(=O)CN1CCC(c2cc(O)c(C3CC3)cc2[SiH3])C1. The fourth-order valence-electron chi connectivity index (χ4n) is 5.40. The summed E-state index contributed by atoms with van der Waals surface area (Å²) in [5, 5.41) is 15.4. The minimum Gasteiger partial charge on any atom is -0.508 e. The predicted molar refractivity (Wildman–Crippen MR) is 152 cm³/mol. The van der Waals surface area contributed by atoms with Crippen LogP contribution in [-0.2, 0) is 4.79 Å². The normalized spacial score (nSPS) is 17.7. The highest BCUT2D eigenvalue weighted by Gasteiger charge is 2.30. The van der Waals surface area contributed by atoms with Gasteiger partial charge in [0.15, 0.2) is 5.82 Å². The molecule has 0 radical (unpaired) electrons. The first-order valence-electron chi connectivity index (χ1n) is 13.5. The number of phenolic OH excluding ortho intramolecular Hbond substituents is 1. The van der Waals surface area contributed by atoms with Crippen LogP contribution < -0.4 is 10.5 Å². The van der Waals surface area contributed by atoms with E-state index in [0.717, 1.165) is 46.6 Å². The number of aromatic nitrogens is 2. The fraction of sp³-hybridized carbons (Fsp3) is 0.414. The Bertz CT molecular complexity index is 1220. The molecule has 3 aromatic rings. The number of anilines is 1. The summed E-state index contributed by atoms with van der Waals surface area (Å²) in [6.45, 7) is 6.36. The van der Waals surface area contributed by atoms with Gasteiger partial charge >= 0.3 is 0 Å². The van der Waals surface area contributed by atoms with Gasteiger partial charge < -0.3 is 15.3 Å². The lowest BCUT2D eigenvalue weighted by molar-refractivity contribution is -0.131. The van der Waals surface area contributed by atoms with E-state index in [9.17, 15) is 9.90 Å². The third-order valence-corrected chi connectivity index (χ3v) is 8.52. The van der Waals surface area contributed by atoms with Crippen molar-refractivity contribution in [3.8, 4) is 17.1 Å². The van der Waals surface area contributed by atoms with Crippen molar-refractivity contribution in [3.05, 3.63) is 66.0 Å². The van der Waals surface area contributed by atoms with Gasteiger partial charge in [-0.25, -0.2) is 9.97 Å². The number of phenols is 1. The average molecular weight is 516 g/mol. The Morgan fingerprint density at radius 3 is 2.57 bits per heavy atom. The minimum absolute atomic E-state index is 0.180. The fourth-order valence-corrected chi connectivity index (χ4v) is 6.26. The van der Waals surface area contributed by atoms with Gasteiger partial charge in [0.05, 0.1) is 6.54 Å². The molecule has 1 aromatic heterocycles. The molecule has 5 rings (SSSR count). The van der Waals surface area contributed by atoms with Crippen molar-refractivity contribution in [2.75, 3.05) is 44.6 Å². The van der Waals surface area contributed by atoms with Crippen molar-refractivity contribution in [3.63, 3.8) is 0 Å². The lowest BCUT2D eigenvalue weighted by atomic mass is 9.95. The molecular weight excluding hydrogens is 478 g/mol. The molecule has 1 unspecified atom stereocenters. The molecule has 194 valence electrons. The number of rotatable bonds is 10. The van der Waals surface area contributed by atoms with Crippen molar-refractivity contribution >= 4 is 27.0 Å². The van der Waals surface area contributed by atoms with Crippen LogP contribution in [0.3, 0.4) is 0 Å². The highest BCUT2D eigenvalue weighted by Crippen LogP contribution is 2.44. The molecular formula is C29H37N5O2Si. The second-order valence-corrected chi connectivity index (χ2v) is 11.4. The maximum Gasteiger partial charge on any atom is 0.236 e. The molecule has 0 spiro atoms. The lowest BCUT2D eigenvalue weighted by Gasteiger charge is -2.25. The van der Waals surface area contributed by atoms with Gasteiger partial charge in [0.25, 0.3) is 0 Å². The smallest absolute Gasteiger partial charge is 0.236 e. The summed E-state index contributed by atoms with van der Waals surface area (Å²) < 4.78 is 0. The summed E-state index contributed by atoms with van der Waals surface area (Å²) in [7, 11) is 0.984. The Morgan fingerprint density at radius 1 is 1.11 bits per heavy atom. The van der Waals surface area contributed by atoms with Crippen molar-refractivity contribution in [2.45, 2.75) is 38.0 Å². The molecule has 1 amide bonds. The Hall–Kier alpha value is -3.23. The van der Waals surface area contributed by atoms with Gasteiger partial charge in [0.1, 0.15) is 5.75 Å². The third kappa shape index (κ3) is 6.19. The van der Waals surface area contributed by atoms with E-state index >= 15 is 0 Å². The molecule has 1 aliphatic heterocycles. The minimum atomic E-state index is 0.180. The summed E-state index contributed by atoms with van der Waals surface area (Å²) >= 11 is 0. The van der Waals surface area contributed by atoms with Gasteiger partial charge in [-0.05, 0) is 92.1 Å². The Morgan fingerprint density at radius 2 is 1.86 bits per heavy atom. The van der Waals surface area contributed by atoms with Gasteiger partial charge in [0.2, 0.25) is 5.91 Å². The van der Waals surface area contributed by atoms with Gasteiger partial charge in [-0.15, -0.1) is 0 Å². The van der Waals surface area contributed by atoms with Gasteiger partial charge in [-0.3, -0.25) is 9.69 Å². The van der Waals surface area contributed by atoms with Crippen LogP contribution in [0.4, 0.5) is 5.69 Å². The van der Waals surface area contributed by atoms with Crippen LogP contribution in [0.25, 0.3) is 11.4 Å². The number of aromatic hydroxyl groups is 1. The molecule has 2 N–H and O–H groups in total. The maximum atomic E-state index is 13.1. The molecule has 1 saturated heterocycles. The number of likely N-dealkylation sites (N-methyl/N-ethyl adjacent to an activating group) is 1. The van der Waals surface area contributed by atoms with Gasteiger partial charge in [-0.1, -0.05) is 11.3 Å². The third-order valence-electron chi connectivity index (χ3n) is 7.66. The number of amides is 1. The monoisotopic (exact) mass is 515 g/mol. The van der Waals surface area contributed by atoms with Crippen molar-refractivity contribution < 1.29 is 9.90 Å². The van der Waals surface area contributed by atoms with E-state index in [0.29, 0.717) is 49.6 Å². The van der Waals surface area contributed by atoms with E-state index in [1.807, 2.05) is 48.2 Å². The van der Waals surface area contributed by atoms with Crippen LogP contribution in [0.5, 0.6) is 5.75 Å². The second kappa shape index (κ2) is 11.4.